The number of nitrogens with two attached hydrogens (primary N) is 1. The number of alkyl halides is 2. The van der Waals surface area contributed by atoms with Gasteiger partial charge in [0.1, 0.15) is 23.1 Å². The zero-order valence-corrected chi connectivity index (χ0v) is 16.0. The molecule has 0 fully saturated rings. The van der Waals surface area contributed by atoms with Gasteiger partial charge in [0, 0.05) is 11.6 Å². The fourth-order valence-electron chi connectivity index (χ4n) is 3.27. The van der Waals surface area contributed by atoms with Crippen LogP contribution in [0, 0.1) is 5.82 Å². The first kappa shape index (κ1) is 19.7. The number of hydrogen-bond acceptors (Lipinski definition) is 6. The molecule has 1 amide bonds. The second-order valence-corrected chi connectivity index (χ2v) is 7.23. The summed E-state index contributed by atoms with van der Waals surface area (Å²) < 4.78 is 45.3. The average molecular weight is 418 g/mol. The number of ether oxygens (including phenoxy) is 1. The number of hydrogen-bond donors (Lipinski definition) is 2. The zero-order chi connectivity index (χ0) is 21.6. The Morgan fingerprint density at radius 1 is 1.27 bits per heavy atom. The predicted molar refractivity (Wildman–Crippen MR) is 101 cm³/mol. The van der Waals surface area contributed by atoms with Gasteiger partial charge < -0.3 is 15.8 Å². The molecule has 1 aliphatic rings. The maximum absolute atomic E-state index is 14.0. The van der Waals surface area contributed by atoms with E-state index >= 15 is 0 Å². The van der Waals surface area contributed by atoms with E-state index in [0.717, 1.165) is 4.68 Å². The first-order chi connectivity index (χ1) is 14.2. The van der Waals surface area contributed by atoms with Gasteiger partial charge in [-0.05, 0) is 19.9 Å². The number of amides is 1. The molecule has 1 aliphatic heterocycles. The van der Waals surface area contributed by atoms with E-state index in [1.807, 2.05) is 0 Å². The quantitative estimate of drug-likeness (QED) is 0.660. The molecule has 0 bridgehead atoms. The van der Waals surface area contributed by atoms with Crippen LogP contribution in [0.1, 0.15) is 25.0 Å². The highest BCUT2D eigenvalue weighted by Crippen LogP contribution is 2.40. The minimum Gasteiger partial charge on any atom is -0.417 e. The fourth-order valence-corrected chi connectivity index (χ4v) is 3.27. The molecule has 0 radical (unpaired) electrons. The molecule has 4 rings (SSSR count). The summed E-state index contributed by atoms with van der Waals surface area (Å²) in [5.74, 6) is -0.792. The van der Waals surface area contributed by atoms with Crippen LogP contribution in [0.3, 0.4) is 0 Å². The van der Waals surface area contributed by atoms with Crippen LogP contribution in [0.2, 0.25) is 0 Å². The van der Waals surface area contributed by atoms with E-state index in [-0.39, 0.29) is 47.0 Å². The molecule has 0 aliphatic carbocycles. The summed E-state index contributed by atoms with van der Waals surface area (Å²) in [7, 11) is 0. The van der Waals surface area contributed by atoms with E-state index in [1.165, 1.54) is 24.3 Å². The maximum Gasteiger partial charge on any atom is 0.388 e. The highest BCUT2D eigenvalue weighted by Gasteiger charge is 2.42. The van der Waals surface area contributed by atoms with Crippen molar-refractivity contribution in [3.8, 4) is 17.4 Å². The number of nitrogens with one attached hydrogen (secondary N) is 1. The summed E-state index contributed by atoms with van der Waals surface area (Å²) in [6.07, 6.45) is 0. The molecule has 0 saturated heterocycles. The topological polar surface area (TPSA) is 108 Å². The highest BCUT2D eigenvalue weighted by molar-refractivity contribution is 6.06. The molecule has 2 aromatic heterocycles. The number of carbonyl (C=O) groups is 1. The lowest BCUT2D eigenvalue weighted by atomic mass is 9.87. The van der Waals surface area contributed by atoms with Crippen molar-refractivity contribution in [2.24, 2.45) is 0 Å². The van der Waals surface area contributed by atoms with Crippen molar-refractivity contribution in [2.75, 3.05) is 11.1 Å². The number of aromatic nitrogens is 4. The molecule has 0 saturated carbocycles. The van der Waals surface area contributed by atoms with E-state index in [0.29, 0.717) is 5.56 Å². The van der Waals surface area contributed by atoms with E-state index in [4.69, 9.17) is 5.73 Å². The molecule has 3 N–H and O–H groups in total. The molecule has 30 heavy (non-hydrogen) atoms. The van der Waals surface area contributed by atoms with Crippen LogP contribution >= 0.6 is 0 Å². The average Bonchev–Trinajstić information content (AvgIpc) is 3.14. The van der Waals surface area contributed by atoms with Gasteiger partial charge in [0.15, 0.2) is 5.82 Å². The summed E-state index contributed by atoms with van der Waals surface area (Å²) >= 11 is 0. The normalized spacial score (nSPS) is 14.7. The fraction of sp³-hybridized carbons (Fsp3) is 0.263. The van der Waals surface area contributed by atoms with Gasteiger partial charge in [-0.2, -0.15) is 13.9 Å². The van der Waals surface area contributed by atoms with Gasteiger partial charge in [0.05, 0.1) is 17.5 Å². The Morgan fingerprint density at radius 3 is 2.70 bits per heavy atom. The summed E-state index contributed by atoms with van der Waals surface area (Å²) in [6.45, 7) is 0.107. The third-order valence-corrected chi connectivity index (χ3v) is 4.82. The SMILES string of the molecule is CC1(C)C(=O)Nc2nc(-c3cc(OC(F)F)n(Cc4ccccc4F)n3)nc(N)c21. The Hall–Kier alpha value is -3.63. The van der Waals surface area contributed by atoms with Gasteiger partial charge in [-0.25, -0.2) is 19.0 Å². The summed E-state index contributed by atoms with van der Waals surface area (Å²) in [4.78, 5) is 20.6. The van der Waals surface area contributed by atoms with E-state index in [2.05, 4.69) is 25.1 Å². The lowest BCUT2D eigenvalue weighted by Gasteiger charge is -2.15. The van der Waals surface area contributed by atoms with Crippen LogP contribution in [0.15, 0.2) is 30.3 Å². The predicted octanol–water partition coefficient (Wildman–Crippen LogP) is 2.94. The molecule has 8 nitrogen and oxygen atoms in total. The van der Waals surface area contributed by atoms with Gasteiger partial charge in [0.2, 0.25) is 11.8 Å². The summed E-state index contributed by atoms with van der Waals surface area (Å²) in [5.41, 5.74) is 5.89. The van der Waals surface area contributed by atoms with E-state index < -0.39 is 17.8 Å². The number of anilines is 2. The van der Waals surface area contributed by atoms with Crippen LogP contribution in [0.5, 0.6) is 5.88 Å². The Morgan fingerprint density at radius 2 is 2.00 bits per heavy atom. The summed E-state index contributed by atoms with van der Waals surface area (Å²) in [6, 6.07) is 7.09. The third-order valence-electron chi connectivity index (χ3n) is 4.82. The Labute approximate surface area is 168 Å². The number of benzene rings is 1. The first-order valence-electron chi connectivity index (χ1n) is 8.92. The van der Waals surface area contributed by atoms with Crippen LogP contribution in [-0.4, -0.2) is 32.3 Å². The molecule has 0 atom stereocenters. The lowest BCUT2D eigenvalue weighted by Crippen LogP contribution is -2.27. The van der Waals surface area contributed by atoms with Gasteiger partial charge in [0.25, 0.3) is 0 Å². The largest absolute Gasteiger partial charge is 0.417 e. The maximum atomic E-state index is 14.0. The van der Waals surface area contributed by atoms with Gasteiger partial charge in [-0.3, -0.25) is 4.79 Å². The number of carbonyl (C=O) groups excluding carboxylic acids is 1. The van der Waals surface area contributed by atoms with Gasteiger partial charge in [-0.15, -0.1) is 0 Å². The molecule has 156 valence electrons. The van der Waals surface area contributed by atoms with Gasteiger partial charge in [-0.1, -0.05) is 18.2 Å². The first-order valence-corrected chi connectivity index (χ1v) is 8.92. The smallest absolute Gasteiger partial charge is 0.388 e. The highest BCUT2D eigenvalue weighted by atomic mass is 19.3. The molecule has 3 heterocycles. The number of halogens is 3. The van der Waals surface area contributed by atoms with Crippen LogP contribution < -0.4 is 15.8 Å². The van der Waals surface area contributed by atoms with Crippen molar-refractivity contribution in [3.05, 3.63) is 47.3 Å². The molecule has 11 heteroatoms. The molecular formula is C19H17F3N6O2. The number of rotatable bonds is 5. The van der Waals surface area contributed by atoms with Crippen LogP contribution in [-0.2, 0) is 16.8 Å². The monoisotopic (exact) mass is 418 g/mol. The standard InChI is InChI=1S/C19H17F3N6O2/c1-19(2)13-14(23)24-15(25-16(13)26-17(19)29)11-7-12(30-18(21)22)28(27-11)8-9-5-3-4-6-10(9)20/h3-7,18H,8H2,1-2H3,(H3,23,24,25,26,29). The van der Waals surface area contributed by atoms with Crippen molar-refractivity contribution in [3.63, 3.8) is 0 Å². The third kappa shape index (κ3) is 3.31. The minimum absolute atomic E-state index is 0.00986. The Kier molecular flexibility index (Phi) is 4.60. The molecule has 1 aromatic carbocycles. The second kappa shape index (κ2) is 7.01. The zero-order valence-electron chi connectivity index (χ0n) is 16.0. The molecule has 0 spiro atoms. The van der Waals surface area contributed by atoms with Crippen molar-refractivity contribution in [1.82, 2.24) is 19.7 Å². The van der Waals surface area contributed by atoms with Crippen molar-refractivity contribution < 1.29 is 22.7 Å². The molecular weight excluding hydrogens is 401 g/mol. The number of nitrogens with zero attached hydrogens (tertiary/aromatic N) is 4. The van der Waals surface area contributed by atoms with Crippen LogP contribution in [0.25, 0.3) is 11.5 Å². The number of fused-ring (bicyclic) bond motifs is 1. The van der Waals surface area contributed by atoms with Crippen molar-refractivity contribution >= 4 is 17.5 Å². The Bertz CT molecular complexity index is 1150. The molecule has 0 unspecified atom stereocenters. The van der Waals surface area contributed by atoms with Gasteiger partial charge >= 0.3 is 6.61 Å². The van der Waals surface area contributed by atoms with E-state index in [9.17, 15) is 18.0 Å². The second-order valence-electron chi connectivity index (χ2n) is 7.23. The van der Waals surface area contributed by atoms with E-state index in [1.54, 1.807) is 19.9 Å². The van der Waals surface area contributed by atoms with Crippen molar-refractivity contribution in [2.45, 2.75) is 32.4 Å². The Balaban J connectivity index is 1.76. The minimum atomic E-state index is -3.11. The van der Waals surface area contributed by atoms with Crippen molar-refractivity contribution in [1.29, 1.82) is 0 Å². The summed E-state index contributed by atoms with van der Waals surface area (Å²) in [5, 5.41) is 6.82. The van der Waals surface area contributed by atoms with Crippen LogP contribution in [0.4, 0.5) is 24.8 Å². The molecule has 3 aromatic rings. The lowest BCUT2D eigenvalue weighted by molar-refractivity contribution is -0.119. The number of nitrogen functional groups attached to an aromatic ring is 1.